The fourth-order valence-electron chi connectivity index (χ4n) is 3.53. The van der Waals surface area contributed by atoms with Crippen molar-refractivity contribution >= 4 is 17.4 Å². The molecule has 7 heteroatoms. The summed E-state index contributed by atoms with van der Waals surface area (Å²) in [6, 6.07) is 11.6. The van der Waals surface area contributed by atoms with Gasteiger partial charge in [-0.3, -0.25) is 9.59 Å². The third-order valence-corrected chi connectivity index (χ3v) is 5.18. The van der Waals surface area contributed by atoms with Crippen molar-refractivity contribution in [3.63, 3.8) is 0 Å². The molecule has 6 nitrogen and oxygen atoms in total. The Kier molecular flexibility index (Phi) is 7.07. The number of aliphatic hydroxyl groups excluding tert-OH is 1. The minimum atomic E-state index is -0.782. The molecule has 0 aliphatic carbocycles. The summed E-state index contributed by atoms with van der Waals surface area (Å²) in [6.45, 7) is 3.53. The molecule has 1 heterocycles. The first-order valence-electron chi connectivity index (χ1n) is 10.4. The molecule has 0 radical (unpaired) electrons. The summed E-state index contributed by atoms with van der Waals surface area (Å²) < 4.78 is 19.1. The van der Waals surface area contributed by atoms with Crippen molar-refractivity contribution in [2.75, 3.05) is 33.8 Å². The first-order valence-corrected chi connectivity index (χ1v) is 10.4. The summed E-state index contributed by atoms with van der Waals surface area (Å²) in [5.41, 5.74) is 0.985. The number of Topliss-reactive ketones (excluding diaryl/α,β-unsaturated/α-hetero) is 1. The highest BCUT2D eigenvalue weighted by Crippen LogP contribution is 2.39. The van der Waals surface area contributed by atoms with Crippen LogP contribution in [0.2, 0.25) is 0 Å². The van der Waals surface area contributed by atoms with E-state index in [0.717, 1.165) is 11.3 Å². The maximum atomic E-state index is 13.5. The van der Waals surface area contributed by atoms with Crippen molar-refractivity contribution in [2.45, 2.75) is 19.4 Å². The van der Waals surface area contributed by atoms with Gasteiger partial charge in [0.15, 0.2) is 0 Å². The maximum Gasteiger partial charge on any atom is 0.295 e. The van der Waals surface area contributed by atoms with E-state index >= 15 is 0 Å². The van der Waals surface area contributed by atoms with E-state index in [1.165, 1.54) is 29.2 Å². The molecule has 1 saturated heterocycles. The smallest absolute Gasteiger partial charge is 0.295 e. The highest BCUT2D eigenvalue weighted by atomic mass is 19.1. The number of quaternary nitrogens is 1. The Balaban J connectivity index is 2.04. The minimum absolute atomic E-state index is 0.00703. The number of carbonyl (C=O) groups is 2. The van der Waals surface area contributed by atoms with Crippen LogP contribution in [0.3, 0.4) is 0 Å². The molecule has 2 aromatic rings. The summed E-state index contributed by atoms with van der Waals surface area (Å²) in [5.74, 6) is -1.43. The van der Waals surface area contributed by atoms with Gasteiger partial charge in [-0.05, 0) is 48.4 Å². The summed E-state index contributed by atoms with van der Waals surface area (Å²) >= 11 is 0. The molecule has 1 atom stereocenters. The van der Waals surface area contributed by atoms with Gasteiger partial charge < -0.3 is 19.6 Å². The van der Waals surface area contributed by atoms with Gasteiger partial charge in [0.25, 0.3) is 11.7 Å². The number of hydrogen-bond acceptors (Lipinski definition) is 4. The summed E-state index contributed by atoms with van der Waals surface area (Å²) in [5, 5.41) is 11.0. The van der Waals surface area contributed by atoms with Crippen LogP contribution in [0.25, 0.3) is 5.76 Å². The number of likely N-dealkylation sites (N-methyl/N-ethyl adjacent to an activating group) is 1. The van der Waals surface area contributed by atoms with Crippen LogP contribution in [0.5, 0.6) is 5.75 Å². The predicted octanol–water partition coefficient (Wildman–Crippen LogP) is 2.18. The average Bonchev–Trinajstić information content (AvgIpc) is 3.01. The van der Waals surface area contributed by atoms with Gasteiger partial charge in [0.05, 0.1) is 45.4 Å². The summed E-state index contributed by atoms with van der Waals surface area (Å²) in [4.78, 5) is 28.3. The third kappa shape index (κ3) is 4.94. The van der Waals surface area contributed by atoms with Crippen LogP contribution in [-0.4, -0.2) is 55.5 Å². The average molecular weight is 427 g/mol. The van der Waals surface area contributed by atoms with E-state index in [2.05, 4.69) is 0 Å². The molecule has 0 spiro atoms. The van der Waals surface area contributed by atoms with Gasteiger partial charge in [-0.15, -0.1) is 0 Å². The summed E-state index contributed by atoms with van der Waals surface area (Å²) in [7, 11) is 3.90. The first kappa shape index (κ1) is 22.5. The first-order chi connectivity index (χ1) is 14.8. The van der Waals surface area contributed by atoms with Crippen molar-refractivity contribution in [1.82, 2.24) is 4.90 Å². The maximum absolute atomic E-state index is 13.5. The molecule has 1 aliphatic rings. The van der Waals surface area contributed by atoms with Crippen LogP contribution >= 0.6 is 0 Å². The number of rotatable bonds is 8. The van der Waals surface area contributed by atoms with Crippen molar-refractivity contribution in [2.24, 2.45) is 0 Å². The van der Waals surface area contributed by atoms with E-state index in [4.69, 9.17) is 4.74 Å². The molecule has 3 rings (SSSR count). The molecule has 0 aromatic heterocycles. The number of ether oxygens (including phenoxy) is 1. The van der Waals surface area contributed by atoms with Crippen molar-refractivity contribution in [3.8, 4) is 5.75 Å². The Hall–Kier alpha value is -3.19. The topological polar surface area (TPSA) is 71.3 Å². The Morgan fingerprint density at radius 3 is 2.32 bits per heavy atom. The van der Waals surface area contributed by atoms with E-state index < -0.39 is 23.5 Å². The van der Waals surface area contributed by atoms with E-state index in [1.807, 2.05) is 21.0 Å². The Morgan fingerprint density at radius 1 is 1.10 bits per heavy atom. The standard InChI is InChI=1S/C24H27FN2O4/c1-4-15-31-19-11-7-17(8-12-19)22(28)20-21(16-5-9-18(25)10-6-16)27(14-13-26(2)3)24(30)23(20)29/h5-12,21,28H,4,13-15H2,1-3H3/p+1/t21-/m1/s1. The number of benzene rings is 2. The Labute approximate surface area is 181 Å². The van der Waals surface area contributed by atoms with Gasteiger partial charge in [-0.25, -0.2) is 4.39 Å². The Bertz CT molecular complexity index is 968. The van der Waals surface area contributed by atoms with E-state index in [-0.39, 0.29) is 11.3 Å². The lowest BCUT2D eigenvalue weighted by Crippen LogP contribution is -3.06. The number of nitrogens with zero attached hydrogens (tertiary/aromatic N) is 1. The zero-order chi connectivity index (χ0) is 22.5. The second-order valence-electron chi connectivity index (χ2n) is 7.87. The van der Waals surface area contributed by atoms with E-state index in [0.29, 0.717) is 36.6 Å². The molecule has 0 unspecified atom stereocenters. The Morgan fingerprint density at radius 2 is 1.74 bits per heavy atom. The normalized spacial score (nSPS) is 18.1. The number of halogens is 1. The zero-order valence-electron chi connectivity index (χ0n) is 18.0. The second-order valence-corrected chi connectivity index (χ2v) is 7.87. The molecule has 2 N–H and O–H groups in total. The van der Waals surface area contributed by atoms with Crippen LogP contribution in [0.4, 0.5) is 4.39 Å². The number of likely N-dealkylation sites (tertiary alicyclic amines) is 1. The predicted molar refractivity (Wildman–Crippen MR) is 115 cm³/mol. The van der Waals surface area contributed by atoms with Crippen LogP contribution in [0.1, 0.15) is 30.5 Å². The fraction of sp³-hybridized carbons (Fsp3) is 0.333. The lowest BCUT2D eigenvalue weighted by Gasteiger charge is -2.25. The fourth-order valence-corrected chi connectivity index (χ4v) is 3.53. The molecule has 31 heavy (non-hydrogen) atoms. The quantitative estimate of drug-likeness (QED) is 0.385. The number of carbonyl (C=O) groups excluding carboxylic acids is 2. The van der Waals surface area contributed by atoms with Gasteiger partial charge in [0.1, 0.15) is 17.3 Å². The molecule has 164 valence electrons. The lowest BCUT2D eigenvalue weighted by molar-refractivity contribution is -0.857. The van der Waals surface area contributed by atoms with Crippen LogP contribution in [0.15, 0.2) is 54.1 Å². The van der Waals surface area contributed by atoms with Crippen LogP contribution in [0, 0.1) is 5.82 Å². The van der Waals surface area contributed by atoms with Crippen LogP contribution < -0.4 is 9.64 Å². The number of amides is 1. The molecule has 1 fully saturated rings. The van der Waals surface area contributed by atoms with Gasteiger partial charge in [-0.1, -0.05) is 19.1 Å². The highest BCUT2D eigenvalue weighted by molar-refractivity contribution is 6.46. The molecular weight excluding hydrogens is 399 g/mol. The number of aliphatic hydroxyl groups is 1. The van der Waals surface area contributed by atoms with Crippen molar-refractivity contribution in [3.05, 3.63) is 71.0 Å². The van der Waals surface area contributed by atoms with Crippen molar-refractivity contribution < 1.29 is 28.7 Å². The molecule has 0 saturated carbocycles. The molecular formula is C24H28FN2O4+. The number of nitrogens with one attached hydrogen (secondary N) is 1. The zero-order valence-corrected chi connectivity index (χ0v) is 18.0. The van der Waals surface area contributed by atoms with Crippen molar-refractivity contribution in [1.29, 1.82) is 0 Å². The molecule has 1 aliphatic heterocycles. The van der Waals surface area contributed by atoms with E-state index in [9.17, 15) is 19.1 Å². The monoisotopic (exact) mass is 427 g/mol. The number of ketones is 1. The largest absolute Gasteiger partial charge is 0.507 e. The molecule has 0 bridgehead atoms. The highest BCUT2D eigenvalue weighted by Gasteiger charge is 2.46. The molecule has 2 aromatic carbocycles. The minimum Gasteiger partial charge on any atom is -0.507 e. The van der Waals surface area contributed by atoms with Gasteiger partial charge >= 0.3 is 0 Å². The van der Waals surface area contributed by atoms with Gasteiger partial charge in [0, 0.05) is 5.56 Å². The SMILES string of the molecule is CCCOc1ccc(C(O)=C2C(=O)C(=O)N(CC[NH+](C)C)[C@@H]2c2ccc(F)cc2)cc1. The van der Waals surface area contributed by atoms with Crippen LogP contribution in [-0.2, 0) is 9.59 Å². The number of hydrogen-bond donors (Lipinski definition) is 2. The van der Waals surface area contributed by atoms with E-state index in [1.54, 1.807) is 24.3 Å². The van der Waals surface area contributed by atoms with Gasteiger partial charge in [-0.2, -0.15) is 0 Å². The third-order valence-electron chi connectivity index (χ3n) is 5.18. The molecule has 1 amide bonds. The van der Waals surface area contributed by atoms with Gasteiger partial charge in [0.2, 0.25) is 0 Å². The lowest BCUT2D eigenvalue weighted by atomic mass is 9.95. The summed E-state index contributed by atoms with van der Waals surface area (Å²) in [6.07, 6.45) is 0.873. The second kappa shape index (κ2) is 9.75.